The Morgan fingerprint density at radius 2 is 1.85 bits per heavy atom. The first-order valence-electron chi connectivity index (χ1n) is 9.39. The van der Waals surface area contributed by atoms with Gasteiger partial charge in [-0.2, -0.15) is 0 Å². The van der Waals surface area contributed by atoms with Gasteiger partial charge in [0.2, 0.25) is 0 Å². The van der Waals surface area contributed by atoms with Gasteiger partial charge in [-0.1, -0.05) is 30.3 Å². The number of hydrogen-bond donors (Lipinski definition) is 1. The summed E-state index contributed by atoms with van der Waals surface area (Å²) in [5.74, 6) is 0. The van der Waals surface area contributed by atoms with Crippen LogP contribution in [0.5, 0.6) is 0 Å². The van der Waals surface area contributed by atoms with Crippen molar-refractivity contribution in [3.63, 3.8) is 0 Å². The maximum atomic E-state index is 12.6. The molecule has 2 aliphatic rings. The van der Waals surface area contributed by atoms with Crippen LogP contribution < -0.4 is 0 Å². The molecule has 0 saturated carbocycles. The van der Waals surface area contributed by atoms with Crippen LogP contribution in [0.25, 0.3) is 0 Å². The zero-order valence-electron chi connectivity index (χ0n) is 16.1. The Hall–Kier alpha value is -2.28. The molecule has 1 aromatic carbocycles. The number of nitrogens with zero attached hydrogens (tertiary/aromatic N) is 2. The first kappa shape index (κ1) is 19.5. The smallest absolute Gasteiger partial charge is 0.410 e. The molecule has 148 valence electrons. The first-order chi connectivity index (χ1) is 12.8. The van der Waals surface area contributed by atoms with Crippen LogP contribution >= 0.6 is 0 Å². The molecule has 2 saturated heterocycles. The number of piperazine rings is 1. The molecular formula is C20H28N2O5. The minimum atomic E-state index is -0.586. The van der Waals surface area contributed by atoms with Gasteiger partial charge in [0.15, 0.2) is 0 Å². The third-order valence-corrected chi connectivity index (χ3v) is 5.03. The Bertz CT molecular complexity index is 673. The Balaban J connectivity index is 1.67. The lowest BCUT2D eigenvalue weighted by Gasteiger charge is -2.45. The summed E-state index contributed by atoms with van der Waals surface area (Å²) in [5, 5.41) is 9.92. The molecule has 1 unspecified atom stereocenters. The number of aliphatic hydroxyl groups is 1. The van der Waals surface area contributed by atoms with E-state index in [-0.39, 0.29) is 31.4 Å². The fourth-order valence-corrected chi connectivity index (χ4v) is 3.87. The SMILES string of the molecule is CC(C)(C)OC(=O)N1[C@@H]2CC[C@H]1C(CO)N(C(=O)OCc1ccccc1)C2. The Morgan fingerprint density at radius 1 is 1.15 bits per heavy atom. The number of aliphatic hydroxyl groups excluding tert-OH is 1. The van der Waals surface area contributed by atoms with Gasteiger partial charge in [0.25, 0.3) is 0 Å². The minimum Gasteiger partial charge on any atom is -0.445 e. The summed E-state index contributed by atoms with van der Waals surface area (Å²) in [6.45, 7) is 5.78. The van der Waals surface area contributed by atoms with Crippen LogP contribution in [0.1, 0.15) is 39.2 Å². The molecule has 2 aliphatic heterocycles. The molecule has 1 aromatic rings. The highest BCUT2D eigenvalue weighted by molar-refractivity contribution is 5.72. The molecule has 0 aliphatic carbocycles. The van der Waals surface area contributed by atoms with Crippen LogP contribution in [-0.2, 0) is 16.1 Å². The molecule has 2 fully saturated rings. The predicted molar refractivity (Wildman–Crippen MR) is 99.1 cm³/mol. The van der Waals surface area contributed by atoms with Gasteiger partial charge in [0, 0.05) is 6.54 Å². The topological polar surface area (TPSA) is 79.3 Å². The van der Waals surface area contributed by atoms with Crippen LogP contribution in [-0.4, -0.2) is 64.0 Å². The molecule has 2 bridgehead atoms. The van der Waals surface area contributed by atoms with Gasteiger partial charge in [-0.25, -0.2) is 9.59 Å². The minimum absolute atomic E-state index is 0.114. The maximum Gasteiger partial charge on any atom is 0.410 e. The fourth-order valence-electron chi connectivity index (χ4n) is 3.87. The zero-order valence-corrected chi connectivity index (χ0v) is 16.1. The van der Waals surface area contributed by atoms with E-state index in [1.807, 2.05) is 51.1 Å². The Morgan fingerprint density at radius 3 is 2.48 bits per heavy atom. The summed E-state index contributed by atoms with van der Waals surface area (Å²) >= 11 is 0. The van der Waals surface area contributed by atoms with Crippen LogP contribution in [0.4, 0.5) is 9.59 Å². The van der Waals surface area contributed by atoms with Gasteiger partial charge in [0.1, 0.15) is 12.2 Å². The number of carbonyl (C=O) groups excluding carboxylic acids is 2. The molecule has 3 atom stereocenters. The molecular weight excluding hydrogens is 348 g/mol. The molecule has 3 rings (SSSR count). The standard InChI is InChI=1S/C20H28N2O5/c1-20(2,3)27-19(25)22-15-9-10-16(22)17(12-23)21(11-15)18(24)26-13-14-7-5-4-6-8-14/h4-8,15-17,23H,9-13H2,1-3H3/t15-,16+,17?/m1/s1. The van der Waals surface area contributed by atoms with Crippen molar-refractivity contribution < 1.29 is 24.2 Å². The van der Waals surface area contributed by atoms with Crippen molar-refractivity contribution in [1.82, 2.24) is 9.80 Å². The predicted octanol–water partition coefficient (Wildman–Crippen LogP) is 2.77. The van der Waals surface area contributed by atoms with E-state index in [9.17, 15) is 14.7 Å². The van der Waals surface area contributed by atoms with Crippen molar-refractivity contribution >= 4 is 12.2 Å². The summed E-state index contributed by atoms with van der Waals surface area (Å²) in [7, 11) is 0. The fraction of sp³-hybridized carbons (Fsp3) is 0.600. The van der Waals surface area contributed by atoms with Gasteiger partial charge >= 0.3 is 12.2 Å². The average molecular weight is 376 g/mol. The van der Waals surface area contributed by atoms with Crippen molar-refractivity contribution in [2.24, 2.45) is 0 Å². The first-order valence-corrected chi connectivity index (χ1v) is 9.39. The Kier molecular flexibility index (Phi) is 5.60. The normalized spacial score (nSPS) is 24.7. The van der Waals surface area contributed by atoms with E-state index in [4.69, 9.17) is 9.47 Å². The lowest BCUT2D eigenvalue weighted by molar-refractivity contribution is -0.0327. The van der Waals surface area contributed by atoms with Gasteiger partial charge in [-0.05, 0) is 39.2 Å². The van der Waals surface area contributed by atoms with Gasteiger partial charge in [-0.3, -0.25) is 9.80 Å². The van der Waals surface area contributed by atoms with E-state index in [1.54, 1.807) is 9.80 Å². The molecule has 0 aromatic heterocycles. The van der Waals surface area contributed by atoms with Crippen LogP contribution in [0, 0.1) is 0 Å². The van der Waals surface area contributed by atoms with Crippen molar-refractivity contribution in [3.8, 4) is 0 Å². The second kappa shape index (κ2) is 7.76. The molecule has 1 N–H and O–H groups in total. The molecule has 27 heavy (non-hydrogen) atoms. The van der Waals surface area contributed by atoms with Gasteiger partial charge in [0.05, 0.1) is 24.7 Å². The van der Waals surface area contributed by atoms with E-state index >= 15 is 0 Å². The van der Waals surface area contributed by atoms with Crippen molar-refractivity contribution in [3.05, 3.63) is 35.9 Å². The zero-order chi connectivity index (χ0) is 19.6. The molecule has 0 spiro atoms. The van der Waals surface area contributed by atoms with E-state index < -0.39 is 17.7 Å². The second-order valence-electron chi connectivity index (χ2n) is 8.13. The third kappa shape index (κ3) is 4.35. The average Bonchev–Trinajstić information content (AvgIpc) is 2.94. The molecule has 7 nitrogen and oxygen atoms in total. The summed E-state index contributed by atoms with van der Waals surface area (Å²) in [4.78, 5) is 28.5. The molecule has 0 radical (unpaired) electrons. The van der Waals surface area contributed by atoms with Crippen LogP contribution in [0.2, 0.25) is 0 Å². The summed E-state index contributed by atoms with van der Waals surface area (Å²) in [6.07, 6.45) is 0.671. The maximum absolute atomic E-state index is 12.6. The van der Waals surface area contributed by atoms with Crippen LogP contribution in [0.15, 0.2) is 30.3 Å². The number of benzene rings is 1. The largest absolute Gasteiger partial charge is 0.445 e. The highest BCUT2D eigenvalue weighted by Crippen LogP contribution is 2.35. The van der Waals surface area contributed by atoms with E-state index in [0.29, 0.717) is 6.54 Å². The van der Waals surface area contributed by atoms with E-state index in [0.717, 1.165) is 18.4 Å². The third-order valence-electron chi connectivity index (χ3n) is 5.03. The number of ether oxygens (including phenoxy) is 2. The van der Waals surface area contributed by atoms with Gasteiger partial charge < -0.3 is 14.6 Å². The summed E-state index contributed by atoms with van der Waals surface area (Å²) < 4.78 is 11.0. The quantitative estimate of drug-likeness (QED) is 0.877. The van der Waals surface area contributed by atoms with Gasteiger partial charge in [-0.15, -0.1) is 0 Å². The number of fused-ring (bicyclic) bond motifs is 2. The molecule has 2 amide bonds. The van der Waals surface area contributed by atoms with Crippen molar-refractivity contribution in [1.29, 1.82) is 0 Å². The number of likely N-dealkylation sites (tertiary alicyclic amines) is 1. The number of carbonyl (C=O) groups is 2. The monoisotopic (exact) mass is 376 g/mol. The summed E-state index contributed by atoms with van der Waals surface area (Å²) in [6, 6.07) is 8.60. The van der Waals surface area contributed by atoms with Crippen molar-refractivity contribution in [2.75, 3.05) is 13.2 Å². The Labute approximate surface area is 159 Å². The number of amides is 2. The number of rotatable bonds is 3. The highest BCUT2D eigenvalue weighted by atomic mass is 16.6. The van der Waals surface area contributed by atoms with Crippen LogP contribution in [0.3, 0.4) is 0 Å². The molecule has 2 heterocycles. The lowest BCUT2D eigenvalue weighted by Crippen LogP contribution is -2.64. The number of hydrogen-bond acceptors (Lipinski definition) is 5. The molecule has 7 heteroatoms. The summed E-state index contributed by atoms with van der Waals surface area (Å²) in [5.41, 5.74) is 0.318. The van der Waals surface area contributed by atoms with Crippen molar-refractivity contribution in [2.45, 2.75) is 63.9 Å². The van der Waals surface area contributed by atoms with E-state index in [1.165, 1.54) is 0 Å². The lowest BCUT2D eigenvalue weighted by atomic mass is 10.0. The second-order valence-corrected chi connectivity index (χ2v) is 8.13. The highest BCUT2D eigenvalue weighted by Gasteiger charge is 2.51. The van der Waals surface area contributed by atoms with E-state index in [2.05, 4.69) is 0 Å².